The van der Waals surface area contributed by atoms with Crippen molar-refractivity contribution in [1.82, 2.24) is 19.5 Å². The number of hydrogen-bond acceptors (Lipinski definition) is 4. The highest BCUT2D eigenvalue weighted by atomic mass is 35.5. The van der Waals surface area contributed by atoms with Gasteiger partial charge in [-0.2, -0.15) is 18.2 Å². The zero-order valence-electron chi connectivity index (χ0n) is 14.8. The molecule has 3 rings (SSSR count). The van der Waals surface area contributed by atoms with Gasteiger partial charge in [-0.3, -0.25) is 0 Å². The third-order valence-electron chi connectivity index (χ3n) is 4.06. The van der Waals surface area contributed by atoms with Crippen molar-refractivity contribution < 1.29 is 17.9 Å². The minimum atomic E-state index is -4.47. The van der Waals surface area contributed by atoms with Gasteiger partial charge in [0.25, 0.3) is 0 Å². The quantitative estimate of drug-likeness (QED) is 0.597. The standard InChI is InChI=1S/C18H16ClF3N4O/c1-10-11(2)23-17(25-15(10)19)27-9-12-4-6-13(7-5-12)16-24-14(8-26(16)3)18(20,21)22/h4-8H,9H2,1-3H3. The first-order valence-corrected chi connectivity index (χ1v) is 8.36. The Morgan fingerprint density at radius 3 is 2.30 bits per heavy atom. The summed E-state index contributed by atoms with van der Waals surface area (Å²) in [4.78, 5) is 12.0. The molecule has 3 aromatic rings. The predicted molar refractivity (Wildman–Crippen MR) is 94.5 cm³/mol. The van der Waals surface area contributed by atoms with Gasteiger partial charge >= 0.3 is 12.2 Å². The molecule has 2 heterocycles. The molecule has 5 nitrogen and oxygen atoms in total. The lowest BCUT2D eigenvalue weighted by molar-refractivity contribution is -0.140. The van der Waals surface area contributed by atoms with Crippen LogP contribution in [0.3, 0.4) is 0 Å². The number of benzene rings is 1. The van der Waals surface area contributed by atoms with Crippen LogP contribution < -0.4 is 4.74 Å². The average molecular weight is 397 g/mol. The fraction of sp³-hybridized carbons (Fsp3) is 0.278. The van der Waals surface area contributed by atoms with Crippen molar-refractivity contribution in [3.05, 3.63) is 58.1 Å². The van der Waals surface area contributed by atoms with E-state index in [4.69, 9.17) is 16.3 Å². The lowest BCUT2D eigenvalue weighted by Gasteiger charge is -2.08. The van der Waals surface area contributed by atoms with Crippen LogP contribution in [0, 0.1) is 13.8 Å². The van der Waals surface area contributed by atoms with Gasteiger partial charge in [-0.15, -0.1) is 0 Å². The topological polar surface area (TPSA) is 52.8 Å². The Hall–Kier alpha value is -2.61. The van der Waals surface area contributed by atoms with Gasteiger partial charge in [-0.05, 0) is 19.4 Å². The second kappa shape index (κ2) is 7.19. The van der Waals surface area contributed by atoms with Gasteiger partial charge in [0.2, 0.25) is 0 Å². The van der Waals surface area contributed by atoms with Crippen LogP contribution >= 0.6 is 11.6 Å². The van der Waals surface area contributed by atoms with E-state index >= 15 is 0 Å². The van der Waals surface area contributed by atoms with E-state index in [1.165, 1.54) is 11.6 Å². The van der Waals surface area contributed by atoms with E-state index in [2.05, 4.69) is 15.0 Å². The molecular weight excluding hydrogens is 381 g/mol. The summed E-state index contributed by atoms with van der Waals surface area (Å²) in [7, 11) is 1.52. The Morgan fingerprint density at radius 2 is 1.74 bits per heavy atom. The zero-order valence-corrected chi connectivity index (χ0v) is 15.6. The van der Waals surface area contributed by atoms with Crippen molar-refractivity contribution in [3.63, 3.8) is 0 Å². The molecule has 0 radical (unpaired) electrons. The molecule has 0 N–H and O–H groups in total. The number of hydrogen-bond donors (Lipinski definition) is 0. The van der Waals surface area contributed by atoms with Crippen LogP contribution in [-0.4, -0.2) is 19.5 Å². The smallest absolute Gasteiger partial charge is 0.434 e. The number of alkyl halides is 3. The summed E-state index contributed by atoms with van der Waals surface area (Å²) in [5, 5.41) is 0.336. The molecule has 27 heavy (non-hydrogen) atoms. The Balaban J connectivity index is 1.74. The number of imidazole rings is 1. The van der Waals surface area contributed by atoms with Crippen LogP contribution in [0.5, 0.6) is 6.01 Å². The largest absolute Gasteiger partial charge is 0.459 e. The maximum atomic E-state index is 12.8. The molecule has 142 valence electrons. The van der Waals surface area contributed by atoms with Crippen LogP contribution in [0.15, 0.2) is 30.5 Å². The van der Waals surface area contributed by atoms with E-state index < -0.39 is 11.9 Å². The summed E-state index contributed by atoms with van der Waals surface area (Å²) in [5.41, 5.74) is 1.98. The highest BCUT2D eigenvalue weighted by Gasteiger charge is 2.34. The number of halogens is 4. The summed E-state index contributed by atoms with van der Waals surface area (Å²) >= 11 is 6.02. The molecular formula is C18H16ClF3N4O. The highest BCUT2D eigenvalue weighted by Crippen LogP contribution is 2.30. The van der Waals surface area contributed by atoms with Crippen molar-refractivity contribution in [2.24, 2.45) is 7.05 Å². The van der Waals surface area contributed by atoms with E-state index in [1.807, 2.05) is 13.8 Å². The van der Waals surface area contributed by atoms with Crippen molar-refractivity contribution in [1.29, 1.82) is 0 Å². The number of nitrogens with zero attached hydrogens (tertiary/aromatic N) is 4. The molecule has 0 spiro atoms. The molecule has 0 bridgehead atoms. The molecule has 1 aromatic carbocycles. The number of rotatable bonds is 4. The van der Waals surface area contributed by atoms with Crippen molar-refractivity contribution >= 4 is 11.6 Å². The minimum absolute atomic E-state index is 0.172. The SMILES string of the molecule is Cc1nc(OCc2ccc(-c3nc(C(F)(F)F)cn3C)cc2)nc(Cl)c1C. The first-order valence-electron chi connectivity index (χ1n) is 7.98. The summed E-state index contributed by atoms with van der Waals surface area (Å²) in [5.74, 6) is 0.235. The lowest BCUT2D eigenvalue weighted by Crippen LogP contribution is -2.04. The van der Waals surface area contributed by atoms with Crippen molar-refractivity contribution in [2.75, 3.05) is 0 Å². The van der Waals surface area contributed by atoms with Gasteiger partial charge in [-0.1, -0.05) is 35.9 Å². The molecule has 9 heteroatoms. The lowest BCUT2D eigenvalue weighted by atomic mass is 10.1. The molecule has 0 unspecified atom stereocenters. The number of aryl methyl sites for hydroxylation is 2. The molecule has 0 saturated carbocycles. The van der Waals surface area contributed by atoms with E-state index in [9.17, 15) is 13.2 Å². The monoisotopic (exact) mass is 396 g/mol. The summed E-state index contributed by atoms with van der Waals surface area (Å²) in [6.45, 7) is 3.84. The maximum absolute atomic E-state index is 12.8. The molecule has 0 atom stereocenters. The van der Waals surface area contributed by atoms with E-state index in [1.54, 1.807) is 24.3 Å². The van der Waals surface area contributed by atoms with Crippen molar-refractivity contribution in [2.45, 2.75) is 26.6 Å². The third kappa shape index (κ3) is 4.21. The first kappa shape index (κ1) is 19.2. The Bertz CT molecular complexity index is 945. The van der Waals surface area contributed by atoms with Gasteiger partial charge in [0, 0.05) is 30.1 Å². The predicted octanol–water partition coefficient (Wildman–Crippen LogP) is 4.75. The van der Waals surface area contributed by atoms with E-state index in [-0.39, 0.29) is 18.4 Å². The van der Waals surface area contributed by atoms with E-state index in [0.717, 1.165) is 23.0 Å². The van der Waals surface area contributed by atoms with Gasteiger partial charge < -0.3 is 9.30 Å². The molecule has 0 saturated heterocycles. The van der Waals surface area contributed by atoms with E-state index in [0.29, 0.717) is 10.7 Å². The fourth-order valence-electron chi connectivity index (χ4n) is 2.40. The normalized spacial score (nSPS) is 11.7. The van der Waals surface area contributed by atoms with Crippen LogP contribution in [0.2, 0.25) is 5.15 Å². The second-order valence-corrected chi connectivity index (χ2v) is 6.41. The Labute approximate surface area is 158 Å². The maximum Gasteiger partial charge on any atom is 0.434 e. The Morgan fingerprint density at radius 1 is 1.07 bits per heavy atom. The summed E-state index contributed by atoms with van der Waals surface area (Å²) in [6, 6.07) is 7.05. The molecule has 0 fully saturated rings. The number of aromatic nitrogens is 4. The zero-order chi connectivity index (χ0) is 19.8. The molecule has 0 aliphatic rings. The summed E-state index contributed by atoms with van der Waals surface area (Å²) < 4.78 is 45.3. The second-order valence-electron chi connectivity index (χ2n) is 6.05. The van der Waals surface area contributed by atoms with Crippen LogP contribution in [0.4, 0.5) is 13.2 Å². The van der Waals surface area contributed by atoms with Gasteiger partial charge in [0.05, 0.1) is 0 Å². The summed E-state index contributed by atoms with van der Waals surface area (Å²) in [6.07, 6.45) is -3.51. The third-order valence-corrected chi connectivity index (χ3v) is 4.42. The van der Waals surface area contributed by atoms with Gasteiger partial charge in [-0.25, -0.2) is 9.97 Å². The van der Waals surface area contributed by atoms with Crippen LogP contribution in [-0.2, 0) is 19.8 Å². The average Bonchev–Trinajstić information content (AvgIpc) is 3.00. The molecule has 0 aliphatic carbocycles. The molecule has 0 amide bonds. The van der Waals surface area contributed by atoms with Crippen LogP contribution in [0.25, 0.3) is 11.4 Å². The minimum Gasteiger partial charge on any atom is -0.459 e. The Kier molecular flexibility index (Phi) is 5.10. The highest BCUT2D eigenvalue weighted by molar-refractivity contribution is 6.30. The van der Waals surface area contributed by atoms with Crippen LogP contribution in [0.1, 0.15) is 22.5 Å². The van der Waals surface area contributed by atoms with Crippen molar-refractivity contribution in [3.8, 4) is 17.4 Å². The van der Waals surface area contributed by atoms with Gasteiger partial charge in [0.1, 0.15) is 17.6 Å². The number of ether oxygens (including phenoxy) is 1. The molecule has 2 aromatic heterocycles. The molecule has 0 aliphatic heterocycles. The first-order chi connectivity index (χ1) is 12.6. The fourth-order valence-corrected chi connectivity index (χ4v) is 2.61. The van der Waals surface area contributed by atoms with Gasteiger partial charge in [0.15, 0.2) is 5.69 Å².